The summed E-state index contributed by atoms with van der Waals surface area (Å²) < 4.78 is 5.54. The molecular formula is C13H21ClN2O. The van der Waals surface area contributed by atoms with Gasteiger partial charge in [-0.25, -0.2) is 4.98 Å². The van der Waals surface area contributed by atoms with Crippen LogP contribution in [0, 0.1) is 0 Å². The summed E-state index contributed by atoms with van der Waals surface area (Å²) in [5, 5.41) is 4.02. The third-order valence-electron chi connectivity index (χ3n) is 2.04. The van der Waals surface area contributed by atoms with E-state index in [0.29, 0.717) is 17.4 Å². The Morgan fingerprint density at radius 2 is 2.00 bits per heavy atom. The van der Waals surface area contributed by atoms with Crippen LogP contribution < -0.4 is 10.1 Å². The van der Waals surface area contributed by atoms with Gasteiger partial charge in [0, 0.05) is 18.2 Å². The maximum atomic E-state index is 6.10. The number of hydrogen-bond donors (Lipinski definition) is 1. The monoisotopic (exact) mass is 256 g/mol. The van der Waals surface area contributed by atoms with Crippen LogP contribution in [0.25, 0.3) is 0 Å². The van der Waals surface area contributed by atoms with Crippen molar-refractivity contribution in [1.82, 2.24) is 10.3 Å². The summed E-state index contributed by atoms with van der Waals surface area (Å²) >= 11 is 6.10. The fourth-order valence-corrected chi connectivity index (χ4v) is 1.42. The number of nitrogens with one attached hydrogen (secondary N) is 1. The summed E-state index contributed by atoms with van der Waals surface area (Å²) in [5.74, 6) is 0.620. The number of rotatable bonds is 4. The summed E-state index contributed by atoms with van der Waals surface area (Å²) in [5.41, 5.74) is 0.861. The summed E-state index contributed by atoms with van der Waals surface area (Å²) in [6.45, 7) is 10.9. The first-order chi connectivity index (χ1) is 7.78. The predicted molar refractivity (Wildman–Crippen MR) is 71.6 cm³/mol. The van der Waals surface area contributed by atoms with Crippen LogP contribution in [0.2, 0.25) is 5.02 Å². The van der Waals surface area contributed by atoms with Gasteiger partial charge in [-0.1, -0.05) is 11.6 Å². The Kier molecular flexibility index (Phi) is 4.78. The average molecular weight is 257 g/mol. The molecule has 3 nitrogen and oxygen atoms in total. The maximum absolute atomic E-state index is 6.10. The molecule has 17 heavy (non-hydrogen) atoms. The van der Waals surface area contributed by atoms with Crippen molar-refractivity contribution < 1.29 is 4.74 Å². The van der Waals surface area contributed by atoms with E-state index in [1.54, 1.807) is 6.07 Å². The molecule has 96 valence electrons. The molecule has 0 aromatic carbocycles. The highest BCUT2D eigenvalue weighted by molar-refractivity contribution is 6.31. The van der Waals surface area contributed by atoms with Crippen molar-refractivity contribution in [1.29, 1.82) is 0 Å². The van der Waals surface area contributed by atoms with E-state index < -0.39 is 0 Å². The van der Waals surface area contributed by atoms with Gasteiger partial charge in [-0.3, -0.25) is 0 Å². The van der Waals surface area contributed by atoms with Crippen LogP contribution in [0.1, 0.15) is 40.3 Å². The molecule has 1 aromatic rings. The highest BCUT2D eigenvalue weighted by atomic mass is 35.5. The lowest BCUT2D eigenvalue weighted by Crippen LogP contribution is -2.35. The highest BCUT2D eigenvalue weighted by Crippen LogP contribution is 2.19. The van der Waals surface area contributed by atoms with Crippen LogP contribution in [-0.4, -0.2) is 16.6 Å². The molecule has 0 aliphatic carbocycles. The van der Waals surface area contributed by atoms with Crippen molar-refractivity contribution in [2.45, 2.75) is 52.8 Å². The van der Waals surface area contributed by atoms with Gasteiger partial charge in [-0.2, -0.15) is 0 Å². The molecule has 0 saturated carbocycles. The Hall–Kier alpha value is -0.800. The van der Waals surface area contributed by atoms with Gasteiger partial charge in [0.25, 0.3) is 0 Å². The van der Waals surface area contributed by atoms with E-state index in [2.05, 4.69) is 31.1 Å². The first kappa shape index (κ1) is 14.3. The molecule has 0 aliphatic rings. The average Bonchev–Trinajstić information content (AvgIpc) is 2.17. The molecule has 0 spiro atoms. The van der Waals surface area contributed by atoms with Gasteiger partial charge in [-0.05, 0) is 40.7 Å². The summed E-state index contributed by atoms with van der Waals surface area (Å²) in [6.07, 6.45) is 0.118. The first-order valence-electron chi connectivity index (χ1n) is 5.85. The van der Waals surface area contributed by atoms with Crippen molar-refractivity contribution >= 4 is 11.6 Å². The normalized spacial score (nSPS) is 11.9. The van der Waals surface area contributed by atoms with E-state index >= 15 is 0 Å². The predicted octanol–water partition coefficient (Wildman–Crippen LogP) is 3.41. The molecular weight excluding hydrogens is 236 g/mol. The molecule has 0 bridgehead atoms. The molecule has 0 saturated heterocycles. The van der Waals surface area contributed by atoms with E-state index in [1.165, 1.54) is 0 Å². The number of hydrogen-bond acceptors (Lipinski definition) is 3. The van der Waals surface area contributed by atoms with Crippen molar-refractivity contribution in [2.75, 3.05) is 0 Å². The Morgan fingerprint density at radius 1 is 1.35 bits per heavy atom. The molecule has 0 aliphatic heterocycles. The van der Waals surface area contributed by atoms with Gasteiger partial charge >= 0.3 is 0 Å². The molecule has 1 heterocycles. The molecule has 1 aromatic heterocycles. The van der Waals surface area contributed by atoms with Gasteiger partial charge in [0.1, 0.15) is 0 Å². The molecule has 1 N–H and O–H groups in total. The summed E-state index contributed by atoms with van der Waals surface area (Å²) in [4.78, 5) is 4.40. The van der Waals surface area contributed by atoms with Crippen LogP contribution >= 0.6 is 11.6 Å². The van der Waals surface area contributed by atoms with Gasteiger partial charge in [0.05, 0.1) is 16.8 Å². The minimum atomic E-state index is 0.0416. The lowest BCUT2D eigenvalue weighted by atomic mass is 10.1. The molecule has 0 atom stereocenters. The second-order valence-corrected chi connectivity index (χ2v) is 5.76. The number of nitrogens with zero attached hydrogens (tertiary/aromatic N) is 1. The highest BCUT2D eigenvalue weighted by Gasteiger charge is 2.12. The fourth-order valence-electron chi connectivity index (χ4n) is 1.24. The van der Waals surface area contributed by atoms with Crippen molar-refractivity contribution in [3.05, 3.63) is 22.8 Å². The van der Waals surface area contributed by atoms with Gasteiger partial charge < -0.3 is 10.1 Å². The van der Waals surface area contributed by atoms with Crippen LogP contribution in [0.5, 0.6) is 5.88 Å². The lowest BCUT2D eigenvalue weighted by molar-refractivity contribution is 0.231. The lowest BCUT2D eigenvalue weighted by Gasteiger charge is -2.20. The van der Waals surface area contributed by atoms with Gasteiger partial charge in [0.15, 0.2) is 0 Å². The zero-order valence-corrected chi connectivity index (χ0v) is 11.9. The third kappa shape index (κ3) is 5.37. The van der Waals surface area contributed by atoms with E-state index in [1.807, 2.05) is 19.9 Å². The van der Waals surface area contributed by atoms with E-state index in [0.717, 1.165) is 5.69 Å². The molecule has 0 fully saturated rings. The van der Waals surface area contributed by atoms with Crippen LogP contribution in [-0.2, 0) is 6.54 Å². The Labute approximate surface area is 109 Å². The topological polar surface area (TPSA) is 34.1 Å². The quantitative estimate of drug-likeness (QED) is 0.897. The SMILES string of the molecule is CC(C)Oc1ccc(Cl)c(CNC(C)(C)C)n1. The van der Waals surface area contributed by atoms with Crippen molar-refractivity contribution in [3.8, 4) is 5.88 Å². The summed E-state index contributed by atoms with van der Waals surface area (Å²) in [6, 6.07) is 3.62. The number of ether oxygens (including phenoxy) is 1. The maximum Gasteiger partial charge on any atom is 0.213 e. The minimum absolute atomic E-state index is 0.0416. The standard InChI is InChI=1S/C13H21ClN2O/c1-9(2)17-12-7-6-10(14)11(16-12)8-15-13(3,4)5/h6-7,9,15H,8H2,1-5H3. The molecule has 0 unspecified atom stereocenters. The van der Waals surface area contributed by atoms with Crippen LogP contribution in [0.3, 0.4) is 0 Å². The Bertz CT molecular complexity index is 372. The molecule has 4 heteroatoms. The number of aromatic nitrogens is 1. The molecule has 0 radical (unpaired) electrons. The fraction of sp³-hybridized carbons (Fsp3) is 0.615. The van der Waals surface area contributed by atoms with Gasteiger partial charge in [0.2, 0.25) is 5.88 Å². The Morgan fingerprint density at radius 3 is 2.53 bits per heavy atom. The second-order valence-electron chi connectivity index (χ2n) is 5.35. The van der Waals surface area contributed by atoms with Crippen molar-refractivity contribution in [3.63, 3.8) is 0 Å². The smallest absolute Gasteiger partial charge is 0.213 e. The zero-order valence-electron chi connectivity index (χ0n) is 11.2. The largest absolute Gasteiger partial charge is 0.475 e. The molecule has 1 rings (SSSR count). The zero-order chi connectivity index (χ0) is 13.1. The van der Waals surface area contributed by atoms with Crippen molar-refractivity contribution in [2.24, 2.45) is 0 Å². The number of halogens is 1. The first-order valence-corrected chi connectivity index (χ1v) is 6.23. The second kappa shape index (κ2) is 5.69. The molecule has 0 amide bonds. The number of pyridine rings is 1. The summed E-state index contributed by atoms with van der Waals surface area (Å²) in [7, 11) is 0. The van der Waals surface area contributed by atoms with E-state index in [4.69, 9.17) is 16.3 Å². The van der Waals surface area contributed by atoms with Crippen LogP contribution in [0.4, 0.5) is 0 Å². The van der Waals surface area contributed by atoms with Gasteiger partial charge in [-0.15, -0.1) is 0 Å². The Balaban J connectivity index is 2.76. The minimum Gasteiger partial charge on any atom is -0.475 e. The van der Waals surface area contributed by atoms with E-state index in [9.17, 15) is 0 Å². The van der Waals surface area contributed by atoms with E-state index in [-0.39, 0.29) is 11.6 Å². The third-order valence-corrected chi connectivity index (χ3v) is 2.38. The van der Waals surface area contributed by atoms with Crippen LogP contribution in [0.15, 0.2) is 12.1 Å².